The van der Waals surface area contributed by atoms with E-state index in [0.717, 1.165) is 36.1 Å². The molecule has 0 radical (unpaired) electrons. The third kappa shape index (κ3) is 4.90. The van der Waals surface area contributed by atoms with E-state index in [1.165, 1.54) is 16.7 Å². The molecule has 2 aliphatic rings. The molecule has 3 amide bonds. The number of fused-ring (bicyclic) bond motifs is 1. The lowest BCUT2D eigenvalue weighted by atomic mass is 10.2. The van der Waals surface area contributed by atoms with E-state index in [1.54, 1.807) is 12.3 Å². The number of amides is 3. The SMILES string of the molecule is Cc1ccc(NC(=O)CN2C(=O)C(C(=O)N3CCCCCC3)Sc3ccccc32)nc1. The molecule has 0 spiro atoms. The Morgan fingerprint density at radius 2 is 1.84 bits per heavy atom. The Morgan fingerprint density at radius 3 is 2.55 bits per heavy atom. The minimum absolute atomic E-state index is 0.156. The van der Waals surface area contributed by atoms with Crippen molar-refractivity contribution in [2.75, 3.05) is 29.9 Å². The minimum atomic E-state index is -0.863. The molecule has 2 aliphatic heterocycles. The third-order valence-corrected chi connectivity index (χ3v) is 6.75. The highest BCUT2D eigenvalue weighted by molar-refractivity contribution is 8.01. The number of aryl methyl sites for hydroxylation is 1. The highest BCUT2D eigenvalue weighted by Crippen LogP contribution is 2.39. The molecule has 31 heavy (non-hydrogen) atoms. The summed E-state index contributed by atoms with van der Waals surface area (Å²) in [4.78, 5) is 47.5. The lowest BCUT2D eigenvalue weighted by Gasteiger charge is -2.34. The number of likely N-dealkylation sites (tertiary alicyclic amines) is 1. The molecular formula is C23H26N4O3S. The van der Waals surface area contributed by atoms with Crippen molar-refractivity contribution in [3.63, 3.8) is 0 Å². The number of hydrogen-bond donors (Lipinski definition) is 1. The smallest absolute Gasteiger partial charge is 0.250 e. The van der Waals surface area contributed by atoms with Crippen LogP contribution >= 0.6 is 11.8 Å². The maximum atomic E-state index is 13.4. The number of hydrogen-bond acceptors (Lipinski definition) is 5. The van der Waals surface area contributed by atoms with Crippen LogP contribution < -0.4 is 10.2 Å². The Morgan fingerprint density at radius 1 is 1.10 bits per heavy atom. The first-order chi connectivity index (χ1) is 15.0. The first-order valence-corrected chi connectivity index (χ1v) is 11.5. The first-order valence-electron chi connectivity index (χ1n) is 10.6. The predicted octanol–water partition coefficient (Wildman–Crippen LogP) is 3.24. The van der Waals surface area contributed by atoms with Crippen molar-refractivity contribution in [1.82, 2.24) is 9.88 Å². The van der Waals surface area contributed by atoms with Crippen molar-refractivity contribution < 1.29 is 14.4 Å². The predicted molar refractivity (Wildman–Crippen MR) is 121 cm³/mol. The van der Waals surface area contributed by atoms with Crippen LogP contribution in [0.5, 0.6) is 0 Å². The van der Waals surface area contributed by atoms with Crippen LogP contribution in [0.4, 0.5) is 11.5 Å². The summed E-state index contributed by atoms with van der Waals surface area (Å²) in [5.41, 5.74) is 1.65. The summed E-state index contributed by atoms with van der Waals surface area (Å²) in [6.45, 7) is 3.12. The second kappa shape index (κ2) is 9.51. The van der Waals surface area contributed by atoms with Crippen LogP contribution in [-0.4, -0.2) is 52.5 Å². The maximum Gasteiger partial charge on any atom is 0.250 e. The van der Waals surface area contributed by atoms with E-state index in [1.807, 2.05) is 42.2 Å². The molecule has 1 fully saturated rings. The monoisotopic (exact) mass is 438 g/mol. The molecule has 1 N–H and O–H groups in total. The molecule has 0 aliphatic carbocycles. The molecule has 1 aromatic carbocycles. The Kier molecular flexibility index (Phi) is 6.56. The summed E-state index contributed by atoms with van der Waals surface area (Å²) in [6.07, 6.45) is 5.81. The molecule has 7 nitrogen and oxygen atoms in total. The molecular weight excluding hydrogens is 412 g/mol. The molecule has 8 heteroatoms. The number of carbonyl (C=O) groups excluding carboxylic acids is 3. The molecule has 4 rings (SSSR count). The number of rotatable bonds is 4. The zero-order valence-corrected chi connectivity index (χ0v) is 18.4. The van der Waals surface area contributed by atoms with Gasteiger partial charge in [0.15, 0.2) is 5.25 Å². The molecule has 1 saturated heterocycles. The molecule has 1 atom stereocenters. The fourth-order valence-electron chi connectivity index (χ4n) is 3.86. The summed E-state index contributed by atoms with van der Waals surface area (Å²) in [7, 11) is 0. The average Bonchev–Trinajstić information content (AvgIpc) is 3.06. The number of thioether (sulfide) groups is 1. The maximum absolute atomic E-state index is 13.4. The molecule has 1 aromatic heterocycles. The summed E-state index contributed by atoms with van der Waals surface area (Å²) >= 11 is 1.28. The van der Waals surface area contributed by atoms with Gasteiger partial charge in [0.1, 0.15) is 12.4 Å². The van der Waals surface area contributed by atoms with Gasteiger partial charge in [-0.2, -0.15) is 0 Å². The summed E-state index contributed by atoms with van der Waals surface area (Å²) < 4.78 is 0. The van der Waals surface area contributed by atoms with Gasteiger partial charge in [-0.25, -0.2) is 4.98 Å². The van der Waals surface area contributed by atoms with Gasteiger partial charge in [-0.05, 0) is 43.5 Å². The van der Waals surface area contributed by atoms with E-state index in [0.29, 0.717) is 24.6 Å². The number of carbonyl (C=O) groups is 3. The zero-order valence-electron chi connectivity index (χ0n) is 17.5. The third-order valence-electron chi connectivity index (χ3n) is 5.51. The second-order valence-corrected chi connectivity index (χ2v) is 9.05. The normalized spacial score (nSPS) is 18.9. The molecule has 1 unspecified atom stereocenters. The van der Waals surface area contributed by atoms with Crippen LogP contribution in [-0.2, 0) is 14.4 Å². The van der Waals surface area contributed by atoms with Crippen LogP contribution in [0.2, 0.25) is 0 Å². The Hall–Kier alpha value is -2.87. The molecule has 3 heterocycles. The van der Waals surface area contributed by atoms with E-state index in [4.69, 9.17) is 0 Å². The zero-order chi connectivity index (χ0) is 21.8. The lowest BCUT2D eigenvalue weighted by Crippen LogP contribution is -2.51. The number of pyridine rings is 1. The van der Waals surface area contributed by atoms with Crippen molar-refractivity contribution in [3.8, 4) is 0 Å². The van der Waals surface area contributed by atoms with Gasteiger partial charge in [0.2, 0.25) is 11.8 Å². The standard InChI is InChI=1S/C23H26N4O3S/c1-16-10-11-19(24-14-16)25-20(28)15-27-17-8-4-5-9-18(17)31-21(23(27)30)22(29)26-12-6-2-3-7-13-26/h4-5,8-11,14,21H,2-3,6-7,12-13,15H2,1H3,(H,24,25,28). The highest BCUT2D eigenvalue weighted by Gasteiger charge is 2.40. The van der Waals surface area contributed by atoms with E-state index in [2.05, 4.69) is 10.3 Å². The Labute approximate surface area is 186 Å². The highest BCUT2D eigenvalue weighted by atomic mass is 32.2. The number of benzene rings is 1. The summed E-state index contributed by atoms with van der Waals surface area (Å²) in [5, 5.41) is 1.87. The fraction of sp³-hybridized carbons (Fsp3) is 0.391. The van der Waals surface area contributed by atoms with Gasteiger partial charge in [0.05, 0.1) is 5.69 Å². The van der Waals surface area contributed by atoms with Gasteiger partial charge in [-0.15, -0.1) is 11.8 Å². The number of nitrogens with zero attached hydrogens (tertiary/aromatic N) is 3. The number of para-hydroxylation sites is 1. The van der Waals surface area contributed by atoms with Gasteiger partial charge < -0.3 is 15.1 Å². The van der Waals surface area contributed by atoms with E-state index >= 15 is 0 Å². The molecule has 2 aromatic rings. The lowest BCUT2D eigenvalue weighted by molar-refractivity contribution is -0.135. The van der Waals surface area contributed by atoms with Crippen molar-refractivity contribution in [2.24, 2.45) is 0 Å². The summed E-state index contributed by atoms with van der Waals surface area (Å²) in [5.74, 6) is -0.422. The van der Waals surface area contributed by atoms with Crippen LogP contribution in [0.15, 0.2) is 47.5 Å². The molecule has 162 valence electrons. The number of nitrogens with one attached hydrogen (secondary N) is 1. The van der Waals surface area contributed by atoms with Crippen molar-refractivity contribution in [2.45, 2.75) is 42.8 Å². The van der Waals surface area contributed by atoms with E-state index in [-0.39, 0.29) is 24.3 Å². The molecule has 0 saturated carbocycles. The van der Waals surface area contributed by atoms with Crippen molar-refractivity contribution in [1.29, 1.82) is 0 Å². The van der Waals surface area contributed by atoms with Gasteiger partial charge in [-0.3, -0.25) is 14.4 Å². The van der Waals surface area contributed by atoms with E-state index in [9.17, 15) is 14.4 Å². The van der Waals surface area contributed by atoms with Crippen molar-refractivity contribution in [3.05, 3.63) is 48.2 Å². The van der Waals surface area contributed by atoms with Crippen molar-refractivity contribution >= 4 is 41.0 Å². The van der Waals surface area contributed by atoms with Crippen LogP contribution in [0.1, 0.15) is 31.2 Å². The van der Waals surface area contributed by atoms with Crippen LogP contribution in [0, 0.1) is 6.92 Å². The van der Waals surface area contributed by atoms with E-state index < -0.39 is 5.25 Å². The Bertz CT molecular complexity index is 971. The minimum Gasteiger partial charge on any atom is -0.341 e. The number of aromatic nitrogens is 1. The quantitative estimate of drug-likeness (QED) is 0.741. The van der Waals surface area contributed by atoms with Gasteiger partial charge >= 0.3 is 0 Å². The van der Waals surface area contributed by atoms with Gasteiger partial charge in [0.25, 0.3) is 5.91 Å². The first kappa shape index (κ1) is 21.4. The van der Waals surface area contributed by atoms with Gasteiger partial charge in [0, 0.05) is 24.2 Å². The van der Waals surface area contributed by atoms with Gasteiger partial charge in [-0.1, -0.05) is 31.0 Å². The number of anilines is 2. The molecule has 0 bridgehead atoms. The largest absolute Gasteiger partial charge is 0.341 e. The topological polar surface area (TPSA) is 82.6 Å². The average molecular weight is 439 g/mol. The Balaban J connectivity index is 1.54. The fourth-order valence-corrected chi connectivity index (χ4v) is 5.05. The second-order valence-electron chi connectivity index (χ2n) is 7.90. The van der Waals surface area contributed by atoms with Crippen LogP contribution in [0.25, 0.3) is 0 Å². The van der Waals surface area contributed by atoms with Crippen LogP contribution in [0.3, 0.4) is 0 Å². The summed E-state index contributed by atoms with van der Waals surface area (Å²) in [6, 6.07) is 11.0.